The largest absolute Gasteiger partial charge is 0.0629 e. The smallest absolute Gasteiger partial charge is 0.0616 e. The molecule has 0 unspecified atom stereocenters. The molecule has 0 saturated heterocycles. The third-order valence-electron chi connectivity index (χ3n) is 1.92. The van der Waals surface area contributed by atoms with Gasteiger partial charge in [-0.15, -0.1) is 0 Å². The fraction of sp³-hybridized carbons (Fsp3) is 0.231. The molecular weight excluding hydrogens is 156 g/mol. The Hall–Kier alpha value is -1.30. The molecule has 0 atom stereocenters. The lowest BCUT2D eigenvalue weighted by Gasteiger charge is -2.08. The van der Waals surface area contributed by atoms with Gasteiger partial charge in [0.1, 0.15) is 0 Å². The third kappa shape index (κ3) is 1.44. The first-order valence-corrected chi connectivity index (χ1v) is 4.19. The molecule has 0 heteroatoms. The van der Waals surface area contributed by atoms with Gasteiger partial charge in [-0.2, -0.15) is 0 Å². The van der Waals surface area contributed by atoms with Crippen molar-refractivity contribution < 1.29 is 9.60 Å². The SMILES string of the molecule is [2H]c1c([2H])c([2H])c2c(C(C)C)c([2H])c([2H])c([2H])c2c1[2H]. The molecule has 0 aliphatic carbocycles. The van der Waals surface area contributed by atoms with Crippen LogP contribution in [0.2, 0.25) is 0 Å². The van der Waals surface area contributed by atoms with E-state index >= 15 is 0 Å². The van der Waals surface area contributed by atoms with E-state index in [1.54, 1.807) is 13.8 Å². The van der Waals surface area contributed by atoms with E-state index in [1.165, 1.54) is 0 Å². The van der Waals surface area contributed by atoms with Gasteiger partial charge < -0.3 is 0 Å². The predicted octanol–water partition coefficient (Wildman–Crippen LogP) is 3.96. The fourth-order valence-electron chi connectivity index (χ4n) is 1.26. The molecule has 0 heterocycles. The lowest BCUT2D eigenvalue weighted by molar-refractivity contribution is 0.876. The summed E-state index contributed by atoms with van der Waals surface area (Å²) in [5, 5.41) is 0.220. The van der Waals surface area contributed by atoms with E-state index in [4.69, 9.17) is 9.60 Å². The second-order valence-corrected chi connectivity index (χ2v) is 3.19. The van der Waals surface area contributed by atoms with Crippen LogP contribution < -0.4 is 0 Å². The predicted molar refractivity (Wildman–Crippen MR) is 58.0 cm³/mol. The topological polar surface area (TPSA) is 0 Å². The minimum Gasteiger partial charge on any atom is -0.0616 e. The zero-order valence-electron chi connectivity index (χ0n) is 14.6. The molecule has 2 rings (SSSR count). The van der Waals surface area contributed by atoms with Gasteiger partial charge in [0.2, 0.25) is 0 Å². The van der Waals surface area contributed by atoms with E-state index in [2.05, 4.69) is 0 Å². The van der Waals surface area contributed by atoms with Gasteiger partial charge in [0.05, 0.1) is 9.60 Å². The maximum Gasteiger partial charge on any atom is 0.0629 e. The molecule has 66 valence electrons. The van der Waals surface area contributed by atoms with Crippen molar-refractivity contribution in [1.82, 2.24) is 0 Å². The van der Waals surface area contributed by atoms with E-state index in [0.29, 0.717) is 5.56 Å². The zero-order chi connectivity index (χ0) is 15.4. The Kier molecular flexibility index (Phi) is 0.853. The molecule has 0 aliphatic rings. The Morgan fingerprint density at radius 1 is 1.00 bits per heavy atom. The minimum absolute atomic E-state index is 0.0284. The van der Waals surface area contributed by atoms with Crippen molar-refractivity contribution in [3.05, 3.63) is 47.9 Å². The first-order valence-electron chi connectivity index (χ1n) is 7.69. The first-order chi connectivity index (χ1) is 9.20. The summed E-state index contributed by atoms with van der Waals surface area (Å²) in [5.74, 6) is -0.172. The summed E-state index contributed by atoms with van der Waals surface area (Å²) in [7, 11) is 0. The number of fused-ring (bicyclic) bond motifs is 1. The van der Waals surface area contributed by atoms with E-state index < -0.39 is 6.04 Å². The van der Waals surface area contributed by atoms with Crippen LogP contribution in [0.1, 0.15) is 34.9 Å². The van der Waals surface area contributed by atoms with Crippen molar-refractivity contribution in [3.8, 4) is 0 Å². The molecule has 2 aromatic carbocycles. The van der Waals surface area contributed by atoms with Crippen molar-refractivity contribution >= 4 is 10.8 Å². The summed E-state index contributed by atoms with van der Waals surface area (Å²) >= 11 is 0. The van der Waals surface area contributed by atoms with Gasteiger partial charge in [0, 0.05) is 0 Å². The molecular formula is C13H14. The van der Waals surface area contributed by atoms with Crippen LogP contribution in [0.15, 0.2) is 42.3 Å². The molecule has 0 aliphatic heterocycles. The summed E-state index contributed by atoms with van der Waals surface area (Å²) in [6, 6.07) is -2.10. The van der Waals surface area contributed by atoms with Crippen LogP contribution in [0, 0.1) is 0 Å². The van der Waals surface area contributed by atoms with Gasteiger partial charge in [0.15, 0.2) is 0 Å². The van der Waals surface area contributed by atoms with Gasteiger partial charge in [-0.1, -0.05) is 56.1 Å². The first kappa shape index (κ1) is 3.45. The Morgan fingerprint density at radius 3 is 2.46 bits per heavy atom. The highest BCUT2D eigenvalue weighted by Crippen LogP contribution is 2.24. The summed E-state index contributed by atoms with van der Waals surface area (Å²) in [4.78, 5) is 0. The number of hydrogen-bond donors (Lipinski definition) is 0. The fourth-order valence-corrected chi connectivity index (χ4v) is 1.26. The van der Waals surface area contributed by atoms with Crippen molar-refractivity contribution in [1.29, 1.82) is 0 Å². The molecule has 0 amide bonds. The Balaban J connectivity index is 3.22. The van der Waals surface area contributed by atoms with Gasteiger partial charge in [-0.05, 0) is 22.3 Å². The van der Waals surface area contributed by atoms with Crippen molar-refractivity contribution in [2.45, 2.75) is 19.8 Å². The second kappa shape index (κ2) is 3.21. The van der Waals surface area contributed by atoms with Crippen LogP contribution >= 0.6 is 0 Å². The molecule has 2 aromatic rings. The average molecular weight is 177 g/mol. The Bertz CT molecular complexity index is 711. The van der Waals surface area contributed by atoms with Crippen molar-refractivity contribution in [2.24, 2.45) is 0 Å². The Labute approximate surface area is 89.0 Å². The molecule has 0 N–H and O–H groups in total. The zero-order valence-corrected chi connectivity index (χ0v) is 7.58. The van der Waals surface area contributed by atoms with E-state index in [0.717, 1.165) is 0 Å². The highest BCUT2D eigenvalue weighted by atomic mass is 14.1. The minimum atomic E-state index is -0.414. The van der Waals surface area contributed by atoms with Crippen LogP contribution in [-0.2, 0) is 0 Å². The number of benzene rings is 2. The highest BCUT2D eigenvalue weighted by Gasteiger charge is 2.02. The van der Waals surface area contributed by atoms with Gasteiger partial charge in [0.25, 0.3) is 0 Å². The van der Waals surface area contributed by atoms with Crippen LogP contribution in [0.5, 0.6) is 0 Å². The van der Waals surface area contributed by atoms with Gasteiger partial charge in [-0.3, -0.25) is 0 Å². The monoisotopic (exact) mass is 177 g/mol. The summed E-state index contributed by atoms with van der Waals surface area (Å²) in [5.41, 5.74) is 0.396. The quantitative estimate of drug-likeness (QED) is 0.618. The summed E-state index contributed by atoms with van der Waals surface area (Å²) < 4.78 is 55.1. The van der Waals surface area contributed by atoms with E-state index in [9.17, 15) is 0 Å². The van der Waals surface area contributed by atoms with Crippen molar-refractivity contribution in [2.75, 3.05) is 0 Å². The molecule has 0 spiro atoms. The molecule has 13 heavy (non-hydrogen) atoms. The van der Waals surface area contributed by atoms with Crippen molar-refractivity contribution in [3.63, 3.8) is 0 Å². The lowest BCUT2D eigenvalue weighted by Crippen LogP contribution is -1.88. The molecule has 0 fully saturated rings. The average Bonchev–Trinajstić information content (AvgIpc) is 2.39. The van der Waals surface area contributed by atoms with Crippen LogP contribution in [0.3, 0.4) is 0 Å². The number of hydrogen-bond acceptors (Lipinski definition) is 0. The maximum atomic E-state index is 8.01. The summed E-state index contributed by atoms with van der Waals surface area (Å²) in [6.07, 6.45) is 0. The van der Waals surface area contributed by atoms with Crippen LogP contribution in [0.25, 0.3) is 10.8 Å². The lowest BCUT2D eigenvalue weighted by atomic mass is 9.96. The van der Waals surface area contributed by atoms with Gasteiger partial charge in [-0.25, -0.2) is 0 Å². The molecule has 0 bridgehead atoms. The molecule has 0 nitrogen and oxygen atoms in total. The molecule has 0 saturated carbocycles. The van der Waals surface area contributed by atoms with E-state index in [1.807, 2.05) is 0 Å². The molecule has 0 aromatic heterocycles. The normalized spacial score (nSPS) is 18.5. The van der Waals surface area contributed by atoms with Crippen LogP contribution in [-0.4, -0.2) is 0 Å². The second-order valence-electron chi connectivity index (χ2n) is 3.19. The third-order valence-corrected chi connectivity index (χ3v) is 1.92. The molecule has 0 radical (unpaired) electrons. The summed E-state index contributed by atoms with van der Waals surface area (Å²) in [6.45, 7) is 3.61. The van der Waals surface area contributed by atoms with Gasteiger partial charge >= 0.3 is 0 Å². The maximum absolute atomic E-state index is 8.01. The van der Waals surface area contributed by atoms with E-state index in [-0.39, 0.29) is 52.9 Å². The highest BCUT2D eigenvalue weighted by molar-refractivity contribution is 5.86. The standard InChI is InChI=1S/C13H14/c1-10(2)12-9-5-7-11-6-3-4-8-13(11)12/h3-10H,1-2H3/i3D,4D,5D,6D,7D,8D,9D. The Morgan fingerprint density at radius 2 is 1.69 bits per heavy atom. The van der Waals surface area contributed by atoms with Crippen LogP contribution in [0.4, 0.5) is 0 Å². The number of rotatable bonds is 1.